The number of nitrogens with two attached hydrogens (primary N) is 1. The van der Waals surface area contributed by atoms with Gasteiger partial charge in [0, 0.05) is 23.5 Å². The normalized spacial score (nSPS) is 27.4. The number of nitrogen functional groups attached to an aromatic ring is 1. The number of aromatic nitrogens is 1. The number of aryl methyl sites for hydroxylation is 2. The largest absolute Gasteiger partial charge is 0.399 e. The first-order chi connectivity index (χ1) is 9.68. The molecule has 2 unspecified atom stereocenters. The quantitative estimate of drug-likeness (QED) is 0.780. The highest BCUT2D eigenvalue weighted by molar-refractivity contribution is 5.50. The molecule has 0 bridgehead atoms. The highest BCUT2D eigenvalue weighted by Gasteiger charge is 2.47. The first-order valence-electron chi connectivity index (χ1n) is 7.23. The molecule has 1 aromatic heterocycles. The molecule has 0 aliphatic heterocycles. The Bertz CT molecular complexity index is 682. The van der Waals surface area contributed by atoms with Crippen LogP contribution in [-0.2, 0) is 18.4 Å². The molecule has 0 radical (unpaired) electrons. The van der Waals surface area contributed by atoms with E-state index in [1.807, 2.05) is 30.5 Å². The topological polar surface area (TPSA) is 59.1 Å². The number of pyridine rings is 1. The summed E-state index contributed by atoms with van der Waals surface area (Å²) < 4.78 is 0. The Hall–Kier alpha value is -1.87. The van der Waals surface area contributed by atoms with Gasteiger partial charge in [0.1, 0.15) is 0 Å². The Morgan fingerprint density at radius 1 is 1.20 bits per heavy atom. The van der Waals surface area contributed by atoms with Crippen molar-refractivity contribution in [3.63, 3.8) is 0 Å². The zero-order valence-corrected chi connectivity index (χ0v) is 11.3. The second kappa shape index (κ2) is 4.06. The van der Waals surface area contributed by atoms with Crippen molar-refractivity contribution < 1.29 is 5.11 Å². The molecule has 2 aliphatic rings. The molecule has 2 aromatic rings. The van der Waals surface area contributed by atoms with E-state index in [0.29, 0.717) is 0 Å². The Kier molecular flexibility index (Phi) is 2.42. The maximum atomic E-state index is 11.3. The van der Waals surface area contributed by atoms with Gasteiger partial charge in [-0.25, -0.2) is 0 Å². The van der Waals surface area contributed by atoms with E-state index in [-0.39, 0.29) is 5.92 Å². The van der Waals surface area contributed by atoms with Crippen LogP contribution in [0, 0.1) is 0 Å². The van der Waals surface area contributed by atoms with Crippen molar-refractivity contribution in [2.45, 2.75) is 37.2 Å². The van der Waals surface area contributed by atoms with Gasteiger partial charge in [-0.1, -0.05) is 12.1 Å². The van der Waals surface area contributed by atoms with Crippen LogP contribution in [0.15, 0.2) is 36.5 Å². The highest BCUT2D eigenvalue weighted by atomic mass is 16.3. The van der Waals surface area contributed by atoms with E-state index in [1.54, 1.807) is 0 Å². The molecule has 102 valence electrons. The number of benzene rings is 1. The molecule has 0 spiro atoms. The average molecular weight is 266 g/mol. The monoisotopic (exact) mass is 266 g/mol. The molecule has 2 atom stereocenters. The zero-order chi connectivity index (χ0) is 13.7. The Morgan fingerprint density at radius 3 is 3.00 bits per heavy atom. The first kappa shape index (κ1) is 11.9. The van der Waals surface area contributed by atoms with E-state index in [0.717, 1.165) is 42.6 Å². The van der Waals surface area contributed by atoms with E-state index < -0.39 is 5.60 Å². The number of aliphatic hydroxyl groups is 1. The summed E-state index contributed by atoms with van der Waals surface area (Å²) in [5, 5.41) is 11.3. The summed E-state index contributed by atoms with van der Waals surface area (Å²) >= 11 is 0. The van der Waals surface area contributed by atoms with E-state index >= 15 is 0 Å². The third-order valence-corrected chi connectivity index (χ3v) is 4.91. The number of hydrogen-bond acceptors (Lipinski definition) is 3. The van der Waals surface area contributed by atoms with Crippen molar-refractivity contribution >= 4 is 5.69 Å². The Morgan fingerprint density at radius 2 is 2.10 bits per heavy atom. The molecule has 3 N–H and O–H groups in total. The van der Waals surface area contributed by atoms with Crippen LogP contribution in [0.25, 0.3) is 0 Å². The van der Waals surface area contributed by atoms with Gasteiger partial charge in [-0.05, 0) is 60.6 Å². The fourth-order valence-corrected chi connectivity index (χ4v) is 3.94. The summed E-state index contributed by atoms with van der Waals surface area (Å²) in [4.78, 5) is 4.54. The number of hydrogen-bond donors (Lipinski definition) is 2. The van der Waals surface area contributed by atoms with Gasteiger partial charge in [0.2, 0.25) is 0 Å². The molecule has 1 aromatic carbocycles. The van der Waals surface area contributed by atoms with Crippen LogP contribution in [0.2, 0.25) is 0 Å². The van der Waals surface area contributed by atoms with Crippen LogP contribution in [0.3, 0.4) is 0 Å². The molecule has 0 saturated carbocycles. The van der Waals surface area contributed by atoms with Crippen LogP contribution in [0.4, 0.5) is 5.69 Å². The van der Waals surface area contributed by atoms with Crippen molar-refractivity contribution in [1.82, 2.24) is 4.98 Å². The van der Waals surface area contributed by atoms with Crippen LogP contribution in [-0.4, -0.2) is 10.1 Å². The van der Waals surface area contributed by atoms with Gasteiger partial charge < -0.3 is 10.8 Å². The summed E-state index contributed by atoms with van der Waals surface area (Å²) in [7, 11) is 0. The third-order valence-electron chi connectivity index (χ3n) is 4.91. The lowest BCUT2D eigenvalue weighted by molar-refractivity contribution is 0.00805. The van der Waals surface area contributed by atoms with Crippen LogP contribution in [0.1, 0.15) is 41.1 Å². The SMILES string of the molecule is Nc1ccc2c(c1)CCC2(O)C1CCc2cccnc21. The zero-order valence-electron chi connectivity index (χ0n) is 11.3. The van der Waals surface area contributed by atoms with Gasteiger partial charge in [0.05, 0.1) is 5.60 Å². The van der Waals surface area contributed by atoms with Gasteiger partial charge >= 0.3 is 0 Å². The lowest BCUT2D eigenvalue weighted by atomic mass is 9.80. The molecule has 0 saturated heterocycles. The molecular formula is C17H18N2O. The fraction of sp³-hybridized carbons (Fsp3) is 0.353. The highest BCUT2D eigenvalue weighted by Crippen LogP contribution is 2.51. The molecular weight excluding hydrogens is 248 g/mol. The molecule has 2 aliphatic carbocycles. The minimum absolute atomic E-state index is 0.114. The van der Waals surface area contributed by atoms with Gasteiger partial charge in [0.15, 0.2) is 0 Å². The minimum atomic E-state index is -0.775. The van der Waals surface area contributed by atoms with Crippen molar-refractivity contribution in [2.75, 3.05) is 5.73 Å². The van der Waals surface area contributed by atoms with Crippen molar-refractivity contribution in [3.05, 3.63) is 58.9 Å². The smallest absolute Gasteiger partial charge is 0.0985 e. The number of fused-ring (bicyclic) bond motifs is 2. The lowest BCUT2D eigenvalue weighted by Gasteiger charge is -2.31. The number of nitrogens with zero attached hydrogens (tertiary/aromatic N) is 1. The predicted molar refractivity (Wildman–Crippen MR) is 78.4 cm³/mol. The van der Waals surface area contributed by atoms with E-state index in [1.165, 1.54) is 11.1 Å². The fourth-order valence-electron chi connectivity index (χ4n) is 3.94. The van der Waals surface area contributed by atoms with Crippen molar-refractivity contribution in [3.8, 4) is 0 Å². The molecule has 3 heteroatoms. The molecule has 0 fully saturated rings. The van der Waals surface area contributed by atoms with Gasteiger partial charge in [0.25, 0.3) is 0 Å². The molecule has 4 rings (SSSR count). The second-order valence-corrected chi connectivity index (χ2v) is 5.98. The molecule has 0 amide bonds. The molecule has 1 heterocycles. The summed E-state index contributed by atoms with van der Waals surface area (Å²) in [6.07, 6.45) is 5.49. The maximum absolute atomic E-state index is 11.3. The second-order valence-electron chi connectivity index (χ2n) is 5.98. The van der Waals surface area contributed by atoms with Crippen molar-refractivity contribution in [1.29, 1.82) is 0 Å². The maximum Gasteiger partial charge on any atom is 0.0985 e. The number of anilines is 1. The summed E-state index contributed by atoms with van der Waals surface area (Å²) in [5.74, 6) is 0.114. The Balaban J connectivity index is 1.81. The summed E-state index contributed by atoms with van der Waals surface area (Å²) in [6.45, 7) is 0. The van der Waals surface area contributed by atoms with E-state index in [9.17, 15) is 5.11 Å². The van der Waals surface area contributed by atoms with Gasteiger partial charge in [-0.3, -0.25) is 4.98 Å². The lowest BCUT2D eigenvalue weighted by Crippen LogP contribution is -2.30. The third kappa shape index (κ3) is 1.53. The van der Waals surface area contributed by atoms with Gasteiger partial charge in [-0.15, -0.1) is 0 Å². The summed E-state index contributed by atoms with van der Waals surface area (Å²) in [5.41, 5.74) is 10.5. The minimum Gasteiger partial charge on any atom is -0.399 e. The number of rotatable bonds is 1. The van der Waals surface area contributed by atoms with Crippen molar-refractivity contribution in [2.24, 2.45) is 0 Å². The first-order valence-corrected chi connectivity index (χ1v) is 7.23. The van der Waals surface area contributed by atoms with Crippen LogP contribution < -0.4 is 5.73 Å². The van der Waals surface area contributed by atoms with Crippen LogP contribution in [0.5, 0.6) is 0 Å². The van der Waals surface area contributed by atoms with E-state index in [4.69, 9.17) is 5.73 Å². The molecule has 20 heavy (non-hydrogen) atoms. The summed E-state index contributed by atoms with van der Waals surface area (Å²) in [6, 6.07) is 10.0. The van der Waals surface area contributed by atoms with E-state index in [2.05, 4.69) is 11.1 Å². The average Bonchev–Trinajstić information content (AvgIpc) is 3.01. The standard InChI is InChI=1S/C17H18N2O/c18-13-4-6-14-12(10-13)7-8-17(14,20)15-5-3-11-2-1-9-19-16(11)15/h1-2,4,6,9-10,15,20H,3,5,7-8,18H2. The van der Waals surface area contributed by atoms with Gasteiger partial charge in [-0.2, -0.15) is 0 Å². The molecule has 3 nitrogen and oxygen atoms in total. The predicted octanol–water partition coefficient (Wildman–Crippen LogP) is 2.53. The van der Waals surface area contributed by atoms with Crippen LogP contribution >= 0.6 is 0 Å². The Labute approximate surface area is 118 Å².